The Hall–Kier alpha value is -0.790. The van der Waals surface area contributed by atoms with Crippen LogP contribution in [0.25, 0.3) is 0 Å². The minimum atomic E-state index is -0.618. The lowest BCUT2D eigenvalue weighted by molar-refractivity contribution is -0.144. The van der Waals surface area contributed by atoms with Crippen molar-refractivity contribution < 1.29 is 9.90 Å². The number of carboxylic acids is 1. The molecule has 2 nitrogen and oxygen atoms in total. The van der Waals surface area contributed by atoms with Gasteiger partial charge in [0.25, 0.3) is 0 Å². The Balaban J connectivity index is 4.28. The molecule has 0 aliphatic heterocycles. The molecule has 0 aliphatic rings. The lowest BCUT2D eigenvalue weighted by Gasteiger charge is -2.22. The molecule has 0 aliphatic carbocycles. The first kappa shape index (κ1) is 15.2. The molecule has 0 heterocycles. The second-order valence-electron chi connectivity index (χ2n) is 4.40. The van der Waals surface area contributed by atoms with Gasteiger partial charge in [0.1, 0.15) is 0 Å². The van der Waals surface area contributed by atoms with Crippen LogP contribution >= 0.6 is 0 Å². The van der Waals surface area contributed by atoms with Gasteiger partial charge in [-0.1, -0.05) is 45.3 Å². The molecule has 0 radical (unpaired) electrons. The number of rotatable bonds is 9. The third-order valence-corrected chi connectivity index (χ3v) is 3.22. The van der Waals surface area contributed by atoms with E-state index in [1.165, 1.54) is 0 Å². The molecule has 1 N–H and O–H groups in total. The molecular weight excluding hydrogens is 200 g/mol. The molecule has 0 saturated heterocycles. The van der Waals surface area contributed by atoms with Gasteiger partial charge < -0.3 is 5.11 Å². The standard InChI is InChI=1S/C14H26O2/c1-4-7-9-11-13(14(15)16)12(6-3)10-8-5-2/h4,7,12-13H,5-6,8-11H2,1-3H3,(H,15,16). The molecule has 0 saturated carbocycles. The Morgan fingerprint density at radius 3 is 2.44 bits per heavy atom. The van der Waals surface area contributed by atoms with E-state index in [9.17, 15) is 9.90 Å². The van der Waals surface area contributed by atoms with Crippen LogP contribution in [0.3, 0.4) is 0 Å². The smallest absolute Gasteiger partial charge is 0.306 e. The Kier molecular flexibility index (Phi) is 8.97. The first-order valence-corrected chi connectivity index (χ1v) is 6.51. The van der Waals surface area contributed by atoms with E-state index in [1.54, 1.807) is 0 Å². The Morgan fingerprint density at radius 1 is 1.31 bits per heavy atom. The minimum Gasteiger partial charge on any atom is -0.481 e. The fourth-order valence-corrected chi connectivity index (χ4v) is 2.16. The van der Waals surface area contributed by atoms with E-state index in [4.69, 9.17) is 0 Å². The number of aliphatic carboxylic acids is 1. The summed E-state index contributed by atoms with van der Waals surface area (Å²) < 4.78 is 0. The van der Waals surface area contributed by atoms with E-state index in [2.05, 4.69) is 19.9 Å². The van der Waals surface area contributed by atoms with E-state index < -0.39 is 5.97 Å². The van der Waals surface area contributed by atoms with Crippen molar-refractivity contribution in [3.63, 3.8) is 0 Å². The van der Waals surface area contributed by atoms with Crippen LogP contribution in [0.4, 0.5) is 0 Å². The maximum absolute atomic E-state index is 11.2. The number of carboxylic acid groups (broad SMARTS) is 1. The lowest BCUT2D eigenvalue weighted by atomic mass is 9.83. The van der Waals surface area contributed by atoms with Crippen LogP contribution in [-0.2, 0) is 4.79 Å². The van der Waals surface area contributed by atoms with Crippen molar-refractivity contribution in [3.8, 4) is 0 Å². The molecule has 0 aromatic heterocycles. The summed E-state index contributed by atoms with van der Waals surface area (Å²) in [7, 11) is 0. The molecule has 16 heavy (non-hydrogen) atoms. The maximum atomic E-state index is 11.2. The number of carbonyl (C=O) groups is 1. The van der Waals surface area contributed by atoms with Gasteiger partial charge in [0.2, 0.25) is 0 Å². The molecule has 0 spiro atoms. The summed E-state index contributed by atoms with van der Waals surface area (Å²) in [6.07, 6.45) is 10.0. The molecule has 94 valence electrons. The number of hydrogen-bond acceptors (Lipinski definition) is 1. The molecule has 0 aromatic carbocycles. The van der Waals surface area contributed by atoms with Crippen LogP contribution in [0.15, 0.2) is 12.2 Å². The van der Waals surface area contributed by atoms with Crippen LogP contribution in [0.2, 0.25) is 0 Å². The molecule has 0 rings (SSSR count). The van der Waals surface area contributed by atoms with Crippen molar-refractivity contribution in [2.75, 3.05) is 0 Å². The fourth-order valence-electron chi connectivity index (χ4n) is 2.16. The van der Waals surface area contributed by atoms with E-state index in [1.807, 2.05) is 13.0 Å². The molecule has 2 atom stereocenters. The third kappa shape index (κ3) is 5.94. The largest absolute Gasteiger partial charge is 0.481 e. The summed E-state index contributed by atoms with van der Waals surface area (Å²) in [6, 6.07) is 0. The number of hydrogen-bond donors (Lipinski definition) is 1. The first-order valence-electron chi connectivity index (χ1n) is 6.51. The zero-order valence-corrected chi connectivity index (χ0v) is 10.9. The van der Waals surface area contributed by atoms with E-state index in [0.717, 1.165) is 38.5 Å². The molecule has 0 fully saturated rings. The predicted octanol–water partition coefficient (Wildman–Crippen LogP) is 4.26. The summed E-state index contributed by atoms with van der Waals surface area (Å²) in [5.74, 6) is -0.428. The highest BCUT2D eigenvalue weighted by Gasteiger charge is 2.25. The van der Waals surface area contributed by atoms with Crippen LogP contribution in [0, 0.1) is 11.8 Å². The van der Waals surface area contributed by atoms with Gasteiger partial charge in [-0.2, -0.15) is 0 Å². The van der Waals surface area contributed by atoms with Crippen molar-refractivity contribution in [2.24, 2.45) is 11.8 Å². The van der Waals surface area contributed by atoms with Gasteiger partial charge in [0.05, 0.1) is 5.92 Å². The summed E-state index contributed by atoms with van der Waals surface area (Å²) in [5, 5.41) is 9.25. The third-order valence-electron chi connectivity index (χ3n) is 3.22. The normalized spacial score (nSPS) is 15.2. The molecular formula is C14H26O2. The second kappa shape index (κ2) is 9.44. The van der Waals surface area contributed by atoms with Gasteiger partial charge in [-0.25, -0.2) is 0 Å². The average Bonchev–Trinajstić information content (AvgIpc) is 2.27. The highest BCUT2D eigenvalue weighted by molar-refractivity contribution is 5.70. The topological polar surface area (TPSA) is 37.3 Å². The summed E-state index contributed by atoms with van der Waals surface area (Å²) >= 11 is 0. The van der Waals surface area contributed by atoms with Crippen molar-refractivity contribution in [1.29, 1.82) is 0 Å². The second-order valence-corrected chi connectivity index (χ2v) is 4.40. The van der Waals surface area contributed by atoms with Gasteiger partial charge in [0.15, 0.2) is 0 Å². The molecule has 0 amide bonds. The van der Waals surface area contributed by atoms with Crippen molar-refractivity contribution in [3.05, 3.63) is 12.2 Å². The Labute approximate surface area is 99.7 Å². The number of unbranched alkanes of at least 4 members (excludes halogenated alkanes) is 1. The van der Waals surface area contributed by atoms with Gasteiger partial charge in [-0.3, -0.25) is 4.79 Å². The molecule has 0 bridgehead atoms. The Morgan fingerprint density at radius 2 is 2.00 bits per heavy atom. The lowest BCUT2D eigenvalue weighted by Crippen LogP contribution is -2.23. The summed E-state index contributed by atoms with van der Waals surface area (Å²) in [5.41, 5.74) is 0. The minimum absolute atomic E-state index is 0.159. The first-order chi connectivity index (χ1) is 7.67. The van der Waals surface area contributed by atoms with Gasteiger partial charge in [-0.05, 0) is 32.1 Å². The van der Waals surface area contributed by atoms with E-state index >= 15 is 0 Å². The van der Waals surface area contributed by atoms with Gasteiger partial charge in [-0.15, -0.1) is 0 Å². The fraction of sp³-hybridized carbons (Fsp3) is 0.786. The van der Waals surface area contributed by atoms with Crippen molar-refractivity contribution in [1.82, 2.24) is 0 Å². The van der Waals surface area contributed by atoms with Crippen molar-refractivity contribution >= 4 is 5.97 Å². The molecule has 0 aromatic rings. The van der Waals surface area contributed by atoms with E-state index in [0.29, 0.717) is 5.92 Å². The van der Waals surface area contributed by atoms with Crippen LogP contribution in [0.1, 0.15) is 59.3 Å². The molecule has 2 heteroatoms. The molecule has 2 unspecified atom stereocenters. The highest BCUT2D eigenvalue weighted by atomic mass is 16.4. The quantitative estimate of drug-likeness (QED) is 0.596. The average molecular weight is 226 g/mol. The monoisotopic (exact) mass is 226 g/mol. The zero-order valence-electron chi connectivity index (χ0n) is 10.9. The van der Waals surface area contributed by atoms with Gasteiger partial charge >= 0.3 is 5.97 Å². The highest BCUT2D eigenvalue weighted by Crippen LogP contribution is 2.26. The van der Waals surface area contributed by atoms with Crippen LogP contribution in [0.5, 0.6) is 0 Å². The van der Waals surface area contributed by atoms with E-state index in [-0.39, 0.29) is 5.92 Å². The van der Waals surface area contributed by atoms with Crippen LogP contribution in [-0.4, -0.2) is 11.1 Å². The number of allylic oxidation sites excluding steroid dienone is 2. The predicted molar refractivity (Wildman–Crippen MR) is 68.5 cm³/mol. The van der Waals surface area contributed by atoms with Gasteiger partial charge in [0, 0.05) is 0 Å². The Bertz CT molecular complexity index is 209. The van der Waals surface area contributed by atoms with Crippen LogP contribution < -0.4 is 0 Å². The summed E-state index contributed by atoms with van der Waals surface area (Å²) in [6.45, 7) is 6.23. The summed E-state index contributed by atoms with van der Waals surface area (Å²) in [4.78, 5) is 11.2. The zero-order chi connectivity index (χ0) is 12.4. The maximum Gasteiger partial charge on any atom is 0.306 e. The van der Waals surface area contributed by atoms with Crippen molar-refractivity contribution in [2.45, 2.75) is 59.3 Å². The SMILES string of the molecule is CC=CCCC(C(=O)O)C(CC)CCCC.